The van der Waals surface area contributed by atoms with Gasteiger partial charge in [0.15, 0.2) is 0 Å². The van der Waals surface area contributed by atoms with Crippen LogP contribution in [0, 0.1) is 17.3 Å². The highest BCUT2D eigenvalue weighted by atomic mass is 35.5. The predicted molar refractivity (Wildman–Crippen MR) is 70.0 cm³/mol. The molecule has 0 N–H and O–H groups in total. The maximum atomic E-state index is 6.17. The van der Waals surface area contributed by atoms with Gasteiger partial charge in [-0.15, -0.1) is 18.2 Å². The Morgan fingerprint density at radius 1 is 1.41 bits per heavy atom. The normalized spacial score (nSPS) is 48.2. The summed E-state index contributed by atoms with van der Waals surface area (Å²) in [7, 11) is -0.320. The van der Waals surface area contributed by atoms with Gasteiger partial charge < -0.3 is 9.31 Å². The van der Waals surface area contributed by atoms with Gasteiger partial charge in [-0.2, -0.15) is 0 Å². The van der Waals surface area contributed by atoms with Crippen LogP contribution in [0.15, 0.2) is 12.7 Å². The molecule has 4 rings (SSSR count). The van der Waals surface area contributed by atoms with Crippen LogP contribution < -0.4 is 0 Å². The van der Waals surface area contributed by atoms with Crippen molar-refractivity contribution in [3.63, 3.8) is 0 Å². The van der Waals surface area contributed by atoms with Crippen molar-refractivity contribution in [1.82, 2.24) is 0 Å². The average molecular weight is 255 g/mol. The van der Waals surface area contributed by atoms with Gasteiger partial charge in [-0.3, -0.25) is 0 Å². The number of alkyl halides is 1. The smallest absolute Gasteiger partial charge is 0.404 e. The van der Waals surface area contributed by atoms with E-state index in [1.807, 2.05) is 0 Å². The highest BCUT2D eigenvalue weighted by Gasteiger charge is 2.68. The molecule has 1 aliphatic heterocycles. The summed E-state index contributed by atoms with van der Waals surface area (Å²) in [4.78, 5) is 0. The summed E-state index contributed by atoms with van der Waals surface area (Å²) >= 11 is 6.16. The van der Waals surface area contributed by atoms with Gasteiger partial charge in [0.1, 0.15) is 0 Å². The van der Waals surface area contributed by atoms with Crippen LogP contribution in [0.3, 0.4) is 0 Å². The quantitative estimate of drug-likeness (QED) is 0.428. The maximum absolute atomic E-state index is 6.17. The van der Waals surface area contributed by atoms with E-state index >= 15 is 0 Å². The van der Waals surface area contributed by atoms with Crippen molar-refractivity contribution in [3.8, 4) is 0 Å². The number of halogens is 1. The third kappa shape index (κ3) is 1.42. The Morgan fingerprint density at radius 3 is 2.71 bits per heavy atom. The molecule has 4 aliphatic rings. The fourth-order valence-corrected chi connectivity index (χ4v) is 4.26. The predicted octanol–water partition coefficient (Wildman–Crippen LogP) is 3.05. The van der Waals surface area contributed by atoms with E-state index in [-0.39, 0.29) is 24.1 Å². The molecule has 0 aromatic carbocycles. The topological polar surface area (TPSA) is 18.5 Å². The van der Waals surface area contributed by atoms with E-state index in [1.54, 1.807) is 6.08 Å². The number of hydrogen-bond donors (Lipinski definition) is 0. The van der Waals surface area contributed by atoms with Crippen LogP contribution in [0.25, 0.3) is 0 Å². The van der Waals surface area contributed by atoms with Crippen molar-refractivity contribution < 1.29 is 9.31 Å². The standard InChI is InChI=1S/C13H20BClO2/c1-5-11(15)14-16-10-7-8-6-9(12(8,2)3)13(10,4)17-14/h5,8-11H,1,6-7H2,2-4H3/t8-,9-,10+,11-,13-/m1/s1. The first-order valence-corrected chi connectivity index (χ1v) is 6.93. The van der Waals surface area contributed by atoms with E-state index < -0.39 is 0 Å². The fraction of sp³-hybridized carbons (Fsp3) is 0.846. The molecule has 3 aliphatic carbocycles. The Balaban J connectivity index is 1.85. The third-order valence-corrected chi connectivity index (χ3v) is 5.84. The Labute approximate surface area is 109 Å². The molecule has 4 fully saturated rings. The van der Waals surface area contributed by atoms with Crippen LogP contribution in [-0.4, -0.2) is 24.1 Å². The van der Waals surface area contributed by atoms with Gasteiger partial charge in [-0.05, 0) is 37.0 Å². The highest BCUT2D eigenvalue weighted by molar-refractivity contribution is 6.60. The second kappa shape index (κ2) is 3.52. The van der Waals surface area contributed by atoms with E-state index in [2.05, 4.69) is 27.4 Å². The second-order valence-electron chi connectivity index (χ2n) is 6.52. The van der Waals surface area contributed by atoms with E-state index in [9.17, 15) is 0 Å². The SMILES string of the molecule is C=C[C@@H](Cl)B1O[C@H]2C[C@H]3C[C@H](C3(C)C)[C@@]2(C)O1. The minimum atomic E-state index is -0.320. The van der Waals surface area contributed by atoms with Crippen LogP contribution in [0.1, 0.15) is 33.6 Å². The summed E-state index contributed by atoms with van der Waals surface area (Å²) in [5.74, 6) is 1.38. The lowest BCUT2D eigenvalue weighted by atomic mass is 9.43. The monoisotopic (exact) mass is 254 g/mol. The van der Waals surface area contributed by atoms with Crippen molar-refractivity contribution in [2.75, 3.05) is 0 Å². The summed E-state index contributed by atoms with van der Waals surface area (Å²) in [6, 6.07) is 0. The Hall–Kier alpha value is 0.0149. The maximum Gasteiger partial charge on any atom is 0.480 e. The third-order valence-electron chi connectivity index (χ3n) is 5.45. The van der Waals surface area contributed by atoms with Gasteiger partial charge in [0.05, 0.1) is 17.0 Å². The largest absolute Gasteiger partial charge is 0.480 e. The summed E-state index contributed by atoms with van der Waals surface area (Å²) in [6.07, 6.45) is 4.29. The highest BCUT2D eigenvalue weighted by Crippen LogP contribution is 2.65. The molecular weight excluding hydrogens is 234 g/mol. The van der Waals surface area contributed by atoms with Crippen molar-refractivity contribution in [2.45, 2.75) is 50.6 Å². The molecule has 0 amide bonds. The van der Waals surface area contributed by atoms with Crippen molar-refractivity contribution in [1.29, 1.82) is 0 Å². The summed E-state index contributed by atoms with van der Waals surface area (Å²) in [5.41, 5.74) is 0.235. The molecule has 5 atom stereocenters. The lowest BCUT2D eigenvalue weighted by Crippen LogP contribution is -2.65. The van der Waals surface area contributed by atoms with Crippen LogP contribution >= 0.6 is 11.6 Å². The summed E-state index contributed by atoms with van der Waals surface area (Å²) in [6.45, 7) is 10.6. The van der Waals surface area contributed by atoms with Crippen LogP contribution in [0.2, 0.25) is 0 Å². The average Bonchev–Trinajstić information content (AvgIpc) is 2.64. The lowest BCUT2D eigenvalue weighted by molar-refractivity contribution is -0.199. The molecule has 0 spiro atoms. The molecular formula is C13H20BClO2. The van der Waals surface area contributed by atoms with Crippen molar-refractivity contribution >= 4 is 18.7 Å². The zero-order valence-electron chi connectivity index (χ0n) is 10.8. The molecule has 1 heterocycles. The summed E-state index contributed by atoms with van der Waals surface area (Å²) < 4.78 is 12.2. The molecule has 3 saturated carbocycles. The van der Waals surface area contributed by atoms with E-state index in [0.717, 1.165) is 12.3 Å². The number of hydrogen-bond acceptors (Lipinski definition) is 2. The van der Waals surface area contributed by atoms with E-state index in [1.165, 1.54) is 6.42 Å². The van der Waals surface area contributed by atoms with Gasteiger partial charge in [0, 0.05) is 0 Å². The minimum absolute atomic E-state index is 0.154. The molecule has 0 aromatic heterocycles. The van der Waals surface area contributed by atoms with Crippen LogP contribution in [-0.2, 0) is 9.31 Å². The van der Waals surface area contributed by atoms with Crippen LogP contribution in [0.4, 0.5) is 0 Å². The molecule has 94 valence electrons. The molecule has 0 unspecified atom stereocenters. The van der Waals surface area contributed by atoms with E-state index in [0.29, 0.717) is 11.3 Å². The lowest BCUT2D eigenvalue weighted by Gasteiger charge is -2.64. The Morgan fingerprint density at radius 2 is 2.12 bits per heavy atom. The Kier molecular flexibility index (Phi) is 2.50. The zero-order valence-corrected chi connectivity index (χ0v) is 11.5. The first kappa shape index (κ1) is 12.1. The Bertz CT molecular complexity index is 359. The van der Waals surface area contributed by atoms with Gasteiger partial charge in [-0.25, -0.2) is 0 Å². The molecule has 4 heteroatoms. The van der Waals surface area contributed by atoms with Gasteiger partial charge in [0.2, 0.25) is 0 Å². The first-order chi connectivity index (χ1) is 7.89. The molecule has 0 radical (unpaired) electrons. The molecule has 2 bridgehead atoms. The van der Waals surface area contributed by atoms with Gasteiger partial charge >= 0.3 is 7.12 Å². The molecule has 1 saturated heterocycles. The summed E-state index contributed by atoms with van der Waals surface area (Å²) in [5, 5.41) is -0.252. The zero-order chi connectivity index (χ0) is 12.4. The minimum Gasteiger partial charge on any atom is -0.404 e. The second-order valence-corrected chi connectivity index (χ2v) is 7.02. The fourth-order valence-electron chi connectivity index (χ4n) is 4.15. The van der Waals surface area contributed by atoms with Crippen molar-refractivity contribution in [3.05, 3.63) is 12.7 Å². The number of allylic oxidation sites excluding steroid dienone is 1. The molecule has 17 heavy (non-hydrogen) atoms. The molecule has 0 aromatic rings. The number of rotatable bonds is 2. The van der Waals surface area contributed by atoms with Gasteiger partial charge in [0.25, 0.3) is 0 Å². The first-order valence-electron chi connectivity index (χ1n) is 6.49. The van der Waals surface area contributed by atoms with E-state index in [4.69, 9.17) is 20.9 Å². The molecule has 2 nitrogen and oxygen atoms in total. The van der Waals surface area contributed by atoms with Gasteiger partial charge in [-0.1, -0.05) is 19.9 Å². The van der Waals surface area contributed by atoms with Crippen molar-refractivity contribution in [2.24, 2.45) is 17.3 Å². The van der Waals surface area contributed by atoms with Crippen LogP contribution in [0.5, 0.6) is 0 Å².